The van der Waals surface area contributed by atoms with Crippen LogP contribution in [-0.2, 0) is 0 Å². The normalized spacial score (nSPS) is 11.3. The molecular weight excluding hydrogens is 263 g/mol. The zero-order valence-electron chi connectivity index (χ0n) is 11.5. The predicted molar refractivity (Wildman–Crippen MR) is 83.7 cm³/mol. The van der Waals surface area contributed by atoms with Crippen LogP contribution in [0.4, 0.5) is 4.39 Å². The minimum atomic E-state index is -0.200. The van der Waals surface area contributed by atoms with Crippen molar-refractivity contribution in [3.05, 3.63) is 66.2 Å². The second kappa shape index (κ2) is 4.42. The zero-order valence-corrected chi connectivity index (χ0v) is 11.5. The monoisotopic (exact) mass is 276 g/mol. The number of nitrogens with zero attached hydrogens (tertiary/aromatic N) is 1. The Morgan fingerprint density at radius 3 is 2.71 bits per heavy atom. The Morgan fingerprint density at radius 2 is 1.86 bits per heavy atom. The van der Waals surface area contributed by atoms with Gasteiger partial charge in [0.15, 0.2) is 0 Å². The van der Waals surface area contributed by atoms with E-state index in [2.05, 4.69) is 9.97 Å². The van der Waals surface area contributed by atoms with Crippen molar-refractivity contribution < 1.29 is 4.39 Å². The molecule has 0 atom stereocenters. The van der Waals surface area contributed by atoms with Crippen molar-refractivity contribution in [3.8, 4) is 11.1 Å². The summed E-state index contributed by atoms with van der Waals surface area (Å²) in [5, 5.41) is 2.21. The summed E-state index contributed by atoms with van der Waals surface area (Å²) in [5.74, 6) is -0.200. The highest BCUT2D eigenvalue weighted by atomic mass is 19.1. The standard InChI is InChI=1S/C18H13FN2/c1-11-18-14(8-9-20-11)15-10-12(6-7-17(15)21-18)13-4-2-3-5-16(13)19/h2-10,21H,1H3. The van der Waals surface area contributed by atoms with Gasteiger partial charge in [0.1, 0.15) is 5.82 Å². The number of benzene rings is 2. The molecule has 0 aliphatic carbocycles. The number of pyridine rings is 1. The van der Waals surface area contributed by atoms with Gasteiger partial charge in [-0.2, -0.15) is 0 Å². The maximum atomic E-state index is 14.0. The summed E-state index contributed by atoms with van der Waals surface area (Å²) in [6, 6.07) is 14.8. The summed E-state index contributed by atoms with van der Waals surface area (Å²) in [6.07, 6.45) is 1.81. The number of fused-ring (bicyclic) bond motifs is 3. The van der Waals surface area contributed by atoms with Gasteiger partial charge in [0.25, 0.3) is 0 Å². The second-order valence-electron chi connectivity index (χ2n) is 5.18. The molecule has 2 heterocycles. The van der Waals surface area contributed by atoms with Crippen molar-refractivity contribution in [2.45, 2.75) is 6.92 Å². The molecule has 3 heteroatoms. The number of nitrogens with one attached hydrogen (secondary N) is 1. The number of halogens is 1. The first-order chi connectivity index (χ1) is 10.2. The summed E-state index contributed by atoms with van der Waals surface area (Å²) in [7, 11) is 0. The maximum absolute atomic E-state index is 14.0. The van der Waals surface area contributed by atoms with E-state index in [1.54, 1.807) is 18.3 Å². The molecule has 2 aromatic carbocycles. The molecule has 0 saturated carbocycles. The fourth-order valence-corrected chi connectivity index (χ4v) is 2.82. The van der Waals surface area contributed by atoms with Crippen LogP contribution in [0.2, 0.25) is 0 Å². The van der Waals surface area contributed by atoms with Gasteiger partial charge in [-0.15, -0.1) is 0 Å². The third kappa shape index (κ3) is 1.82. The molecule has 4 rings (SSSR count). The Balaban J connectivity index is 2.04. The topological polar surface area (TPSA) is 28.7 Å². The van der Waals surface area contributed by atoms with Gasteiger partial charge in [-0.05, 0) is 36.8 Å². The van der Waals surface area contributed by atoms with E-state index in [9.17, 15) is 4.39 Å². The molecule has 0 unspecified atom stereocenters. The predicted octanol–water partition coefficient (Wildman–Crippen LogP) is 4.83. The van der Waals surface area contributed by atoms with Gasteiger partial charge in [-0.3, -0.25) is 4.98 Å². The Morgan fingerprint density at radius 1 is 1.00 bits per heavy atom. The molecule has 1 N–H and O–H groups in total. The quantitative estimate of drug-likeness (QED) is 0.530. The average Bonchev–Trinajstić information content (AvgIpc) is 2.87. The lowest BCUT2D eigenvalue weighted by molar-refractivity contribution is 0.631. The third-order valence-corrected chi connectivity index (χ3v) is 3.89. The zero-order chi connectivity index (χ0) is 14.4. The minimum absolute atomic E-state index is 0.200. The van der Waals surface area contributed by atoms with Crippen molar-refractivity contribution in [2.24, 2.45) is 0 Å². The van der Waals surface area contributed by atoms with Crippen molar-refractivity contribution in [3.63, 3.8) is 0 Å². The van der Waals surface area contributed by atoms with Crippen LogP contribution in [-0.4, -0.2) is 9.97 Å². The molecule has 4 aromatic rings. The molecule has 0 amide bonds. The lowest BCUT2D eigenvalue weighted by atomic mass is 10.0. The molecule has 0 saturated heterocycles. The largest absolute Gasteiger partial charge is 0.353 e. The van der Waals surface area contributed by atoms with E-state index in [-0.39, 0.29) is 5.82 Å². The number of hydrogen-bond acceptors (Lipinski definition) is 1. The van der Waals surface area contributed by atoms with Crippen molar-refractivity contribution in [2.75, 3.05) is 0 Å². The molecule has 2 nitrogen and oxygen atoms in total. The van der Waals surface area contributed by atoms with Crippen LogP contribution in [0.25, 0.3) is 32.9 Å². The lowest BCUT2D eigenvalue weighted by Crippen LogP contribution is -1.83. The molecule has 0 fully saturated rings. The molecule has 21 heavy (non-hydrogen) atoms. The van der Waals surface area contributed by atoms with Gasteiger partial charge in [0, 0.05) is 28.0 Å². The van der Waals surface area contributed by atoms with Crippen molar-refractivity contribution >= 4 is 21.8 Å². The maximum Gasteiger partial charge on any atom is 0.131 e. The van der Waals surface area contributed by atoms with Crippen LogP contribution in [0, 0.1) is 12.7 Å². The lowest BCUT2D eigenvalue weighted by Gasteiger charge is -2.03. The Labute approximate surface area is 121 Å². The molecule has 0 spiro atoms. The van der Waals surface area contributed by atoms with E-state index in [0.29, 0.717) is 5.56 Å². The van der Waals surface area contributed by atoms with Gasteiger partial charge in [0.05, 0.1) is 11.2 Å². The van der Waals surface area contributed by atoms with E-state index in [4.69, 9.17) is 0 Å². The van der Waals surface area contributed by atoms with Gasteiger partial charge < -0.3 is 4.98 Å². The highest BCUT2D eigenvalue weighted by Gasteiger charge is 2.09. The van der Waals surface area contributed by atoms with Crippen LogP contribution < -0.4 is 0 Å². The molecule has 0 aliphatic heterocycles. The summed E-state index contributed by atoms with van der Waals surface area (Å²) in [4.78, 5) is 7.69. The minimum Gasteiger partial charge on any atom is -0.353 e. The summed E-state index contributed by atoms with van der Waals surface area (Å²) < 4.78 is 14.0. The first kappa shape index (κ1) is 12.1. The van der Waals surface area contributed by atoms with E-state index in [1.807, 2.05) is 37.3 Å². The van der Waals surface area contributed by atoms with Crippen molar-refractivity contribution in [1.29, 1.82) is 0 Å². The number of rotatable bonds is 1. The SMILES string of the molecule is Cc1nccc2c1[nH]c1ccc(-c3ccccc3F)cc12. The van der Waals surface area contributed by atoms with E-state index in [0.717, 1.165) is 33.1 Å². The third-order valence-electron chi connectivity index (χ3n) is 3.89. The summed E-state index contributed by atoms with van der Waals surface area (Å²) >= 11 is 0. The number of aryl methyl sites for hydroxylation is 1. The number of H-pyrrole nitrogens is 1. The summed E-state index contributed by atoms with van der Waals surface area (Å²) in [5.41, 5.74) is 4.56. The van der Waals surface area contributed by atoms with E-state index < -0.39 is 0 Å². The number of hydrogen-bond donors (Lipinski definition) is 1. The first-order valence-electron chi connectivity index (χ1n) is 6.86. The van der Waals surface area contributed by atoms with Gasteiger partial charge >= 0.3 is 0 Å². The molecule has 0 radical (unpaired) electrons. The fraction of sp³-hybridized carbons (Fsp3) is 0.0556. The van der Waals surface area contributed by atoms with Gasteiger partial charge in [-0.1, -0.05) is 24.3 Å². The Kier molecular flexibility index (Phi) is 2.54. The molecule has 0 aliphatic rings. The molecule has 102 valence electrons. The van der Waals surface area contributed by atoms with Crippen molar-refractivity contribution in [1.82, 2.24) is 9.97 Å². The smallest absolute Gasteiger partial charge is 0.131 e. The molecule has 2 aromatic heterocycles. The van der Waals surface area contributed by atoms with Crippen LogP contribution in [0.5, 0.6) is 0 Å². The van der Waals surface area contributed by atoms with Gasteiger partial charge in [0.2, 0.25) is 0 Å². The van der Waals surface area contributed by atoms with E-state index >= 15 is 0 Å². The Bertz CT molecular complexity index is 969. The number of aromatic amines is 1. The Hall–Kier alpha value is -2.68. The van der Waals surface area contributed by atoms with E-state index in [1.165, 1.54) is 6.07 Å². The first-order valence-corrected chi connectivity index (χ1v) is 6.86. The van der Waals surface area contributed by atoms with Crippen LogP contribution in [0.3, 0.4) is 0 Å². The average molecular weight is 276 g/mol. The number of aromatic nitrogens is 2. The summed E-state index contributed by atoms with van der Waals surface area (Å²) in [6.45, 7) is 1.98. The van der Waals surface area contributed by atoms with Crippen LogP contribution >= 0.6 is 0 Å². The highest BCUT2D eigenvalue weighted by Crippen LogP contribution is 2.31. The fourth-order valence-electron chi connectivity index (χ4n) is 2.82. The van der Waals surface area contributed by atoms with Crippen LogP contribution in [0.1, 0.15) is 5.69 Å². The van der Waals surface area contributed by atoms with Gasteiger partial charge in [-0.25, -0.2) is 4.39 Å². The molecule has 0 bridgehead atoms. The molecular formula is C18H13FN2. The van der Waals surface area contributed by atoms with Crippen LogP contribution in [0.15, 0.2) is 54.7 Å². The highest BCUT2D eigenvalue weighted by molar-refractivity contribution is 6.09. The second-order valence-corrected chi connectivity index (χ2v) is 5.18.